The quantitative estimate of drug-likeness (QED) is 0.909. The van der Waals surface area contributed by atoms with E-state index in [1.54, 1.807) is 0 Å². The van der Waals surface area contributed by atoms with Crippen molar-refractivity contribution in [1.82, 2.24) is 15.0 Å². The summed E-state index contributed by atoms with van der Waals surface area (Å²) in [5.74, 6) is -0.0109. The molecule has 0 aliphatic carbocycles. The molecule has 0 saturated carbocycles. The molecule has 0 radical (unpaired) electrons. The lowest BCUT2D eigenvalue weighted by molar-refractivity contribution is 0.0690. The number of nitrogens with zero attached hydrogens (tertiary/aromatic N) is 4. The van der Waals surface area contributed by atoms with Crippen LogP contribution in [0, 0.1) is 0 Å². The van der Waals surface area contributed by atoms with Crippen molar-refractivity contribution in [1.29, 1.82) is 0 Å². The molecule has 0 bridgehead atoms. The molecule has 2 aromatic rings. The maximum atomic E-state index is 11.5. The molecule has 1 aromatic carbocycles. The van der Waals surface area contributed by atoms with Crippen molar-refractivity contribution < 1.29 is 14.6 Å². The van der Waals surface area contributed by atoms with E-state index in [2.05, 4.69) is 10.2 Å². The molecule has 1 aliphatic rings. The van der Waals surface area contributed by atoms with Gasteiger partial charge in [-0.1, -0.05) is 12.1 Å². The summed E-state index contributed by atoms with van der Waals surface area (Å²) >= 11 is 0. The van der Waals surface area contributed by atoms with Gasteiger partial charge in [0, 0.05) is 13.1 Å². The molecule has 0 amide bonds. The minimum atomic E-state index is -1.07. The number of hydrogen-bond donors (Lipinski definition) is 1. The SMILES string of the molecule is CCOc1ccccc1-n1nc(C(=O)O)c(N2CCCC2)n1. The largest absolute Gasteiger partial charge is 0.492 e. The molecule has 2 heterocycles. The number of hydrogen-bond acceptors (Lipinski definition) is 5. The monoisotopic (exact) mass is 302 g/mol. The van der Waals surface area contributed by atoms with Crippen LogP contribution in [0.5, 0.6) is 5.75 Å². The van der Waals surface area contributed by atoms with E-state index in [0.29, 0.717) is 23.9 Å². The van der Waals surface area contributed by atoms with Gasteiger partial charge in [0.05, 0.1) is 6.61 Å². The van der Waals surface area contributed by atoms with E-state index < -0.39 is 5.97 Å². The predicted octanol–water partition coefficient (Wildman–Crippen LogP) is 1.96. The summed E-state index contributed by atoms with van der Waals surface area (Å²) in [6.07, 6.45) is 2.09. The molecule has 0 unspecified atom stereocenters. The van der Waals surface area contributed by atoms with Crippen molar-refractivity contribution in [2.45, 2.75) is 19.8 Å². The fourth-order valence-corrected chi connectivity index (χ4v) is 2.59. The van der Waals surface area contributed by atoms with Crippen LogP contribution in [0.25, 0.3) is 5.69 Å². The lowest BCUT2D eigenvalue weighted by Gasteiger charge is -2.13. The zero-order valence-corrected chi connectivity index (χ0v) is 12.4. The molecular formula is C15H18N4O3. The third-order valence-corrected chi connectivity index (χ3v) is 3.58. The molecule has 1 aliphatic heterocycles. The van der Waals surface area contributed by atoms with Crippen LogP contribution < -0.4 is 9.64 Å². The molecule has 1 saturated heterocycles. The molecule has 1 N–H and O–H groups in total. The van der Waals surface area contributed by atoms with Crippen LogP contribution in [-0.2, 0) is 0 Å². The molecule has 116 valence electrons. The first kappa shape index (κ1) is 14.4. The predicted molar refractivity (Wildman–Crippen MR) is 80.9 cm³/mol. The minimum absolute atomic E-state index is 0.0202. The molecule has 7 heteroatoms. The number of aromatic carboxylic acids is 1. The number of benzene rings is 1. The highest BCUT2D eigenvalue weighted by Gasteiger charge is 2.26. The molecular weight excluding hydrogens is 284 g/mol. The van der Waals surface area contributed by atoms with Crippen LogP contribution >= 0.6 is 0 Å². The van der Waals surface area contributed by atoms with Crippen LogP contribution in [0.15, 0.2) is 24.3 Å². The van der Waals surface area contributed by atoms with Gasteiger partial charge in [0.15, 0.2) is 5.82 Å². The number of anilines is 1. The van der Waals surface area contributed by atoms with Gasteiger partial charge in [0.1, 0.15) is 11.4 Å². The number of aromatic nitrogens is 3. The molecule has 7 nitrogen and oxygen atoms in total. The lowest BCUT2D eigenvalue weighted by atomic mass is 10.3. The van der Waals surface area contributed by atoms with Gasteiger partial charge in [-0.25, -0.2) is 4.79 Å². The molecule has 0 atom stereocenters. The molecule has 0 spiro atoms. The Morgan fingerprint density at radius 1 is 1.27 bits per heavy atom. The van der Waals surface area contributed by atoms with Crippen LogP contribution in [0.3, 0.4) is 0 Å². The smallest absolute Gasteiger partial charge is 0.360 e. The van der Waals surface area contributed by atoms with Gasteiger partial charge in [0.2, 0.25) is 5.69 Å². The average molecular weight is 302 g/mol. The Kier molecular flexibility index (Phi) is 3.95. The second kappa shape index (κ2) is 6.05. The van der Waals surface area contributed by atoms with E-state index in [9.17, 15) is 9.90 Å². The summed E-state index contributed by atoms with van der Waals surface area (Å²) in [5.41, 5.74) is 0.616. The van der Waals surface area contributed by atoms with Crippen LogP contribution in [0.2, 0.25) is 0 Å². The van der Waals surface area contributed by atoms with Gasteiger partial charge in [-0.3, -0.25) is 0 Å². The highest BCUT2D eigenvalue weighted by molar-refractivity contribution is 5.91. The molecule has 3 rings (SSSR count). The summed E-state index contributed by atoms with van der Waals surface area (Å²) in [5, 5.41) is 17.9. The van der Waals surface area contributed by atoms with E-state index in [4.69, 9.17) is 4.74 Å². The number of carboxylic acid groups (broad SMARTS) is 1. The Balaban J connectivity index is 2.05. The Morgan fingerprint density at radius 3 is 2.68 bits per heavy atom. The summed E-state index contributed by atoms with van der Waals surface area (Å²) in [7, 11) is 0. The van der Waals surface area contributed by atoms with Gasteiger partial charge in [-0.2, -0.15) is 0 Å². The number of carbonyl (C=O) groups is 1. The normalized spacial score (nSPS) is 14.3. The van der Waals surface area contributed by atoms with E-state index in [0.717, 1.165) is 25.9 Å². The van der Waals surface area contributed by atoms with Crippen LogP contribution in [0.1, 0.15) is 30.3 Å². The van der Waals surface area contributed by atoms with Gasteiger partial charge in [0.25, 0.3) is 0 Å². The van der Waals surface area contributed by atoms with Crippen molar-refractivity contribution in [3.8, 4) is 11.4 Å². The Labute approximate surface area is 128 Å². The molecule has 22 heavy (non-hydrogen) atoms. The zero-order chi connectivity index (χ0) is 15.5. The van der Waals surface area contributed by atoms with Crippen molar-refractivity contribution in [2.75, 3.05) is 24.6 Å². The number of carboxylic acids is 1. The third kappa shape index (κ3) is 2.61. The first-order valence-electron chi connectivity index (χ1n) is 7.38. The van der Waals surface area contributed by atoms with Crippen LogP contribution in [-0.4, -0.2) is 45.8 Å². The van der Waals surface area contributed by atoms with E-state index in [1.165, 1.54) is 4.80 Å². The lowest BCUT2D eigenvalue weighted by Crippen LogP contribution is -2.20. The van der Waals surface area contributed by atoms with Crippen molar-refractivity contribution in [3.63, 3.8) is 0 Å². The third-order valence-electron chi connectivity index (χ3n) is 3.58. The van der Waals surface area contributed by atoms with Gasteiger partial charge in [-0.15, -0.1) is 15.0 Å². The van der Waals surface area contributed by atoms with Crippen molar-refractivity contribution in [3.05, 3.63) is 30.0 Å². The standard InChI is InChI=1S/C15H18N4O3/c1-2-22-12-8-4-3-7-11(12)19-16-13(15(20)21)14(17-19)18-9-5-6-10-18/h3-4,7-8H,2,5-6,9-10H2,1H3,(H,20,21). The summed E-state index contributed by atoms with van der Waals surface area (Å²) in [6, 6.07) is 7.33. The second-order valence-corrected chi connectivity index (χ2v) is 5.06. The minimum Gasteiger partial charge on any atom is -0.492 e. The summed E-state index contributed by atoms with van der Waals surface area (Å²) < 4.78 is 5.56. The highest BCUT2D eigenvalue weighted by atomic mass is 16.5. The number of rotatable bonds is 5. The summed E-state index contributed by atoms with van der Waals surface area (Å²) in [6.45, 7) is 4.03. The number of ether oxygens (including phenoxy) is 1. The van der Waals surface area contributed by atoms with Crippen molar-refractivity contribution >= 4 is 11.8 Å². The summed E-state index contributed by atoms with van der Waals surface area (Å²) in [4.78, 5) is 14.8. The average Bonchev–Trinajstić information content (AvgIpc) is 3.17. The molecule has 1 fully saturated rings. The second-order valence-electron chi connectivity index (χ2n) is 5.06. The Bertz CT molecular complexity index is 677. The van der Waals surface area contributed by atoms with E-state index in [-0.39, 0.29) is 5.69 Å². The van der Waals surface area contributed by atoms with Gasteiger partial charge < -0.3 is 14.7 Å². The maximum Gasteiger partial charge on any atom is 0.360 e. The fourth-order valence-electron chi connectivity index (χ4n) is 2.59. The number of para-hydroxylation sites is 2. The first-order chi connectivity index (χ1) is 10.7. The van der Waals surface area contributed by atoms with E-state index in [1.807, 2.05) is 36.1 Å². The van der Waals surface area contributed by atoms with Gasteiger partial charge in [-0.05, 0) is 31.9 Å². The van der Waals surface area contributed by atoms with E-state index >= 15 is 0 Å². The highest BCUT2D eigenvalue weighted by Crippen LogP contribution is 2.26. The van der Waals surface area contributed by atoms with Crippen molar-refractivity contribution in [2.24, 2.45) is 0 Å². The van der Waals surface area contributed by atoms with Gasteiger partial charge >= 0.3 is 5.97 Å². The zero-order valence-electron chi connectivity index (χ0n) is 12.4. The Hall–Kier alpha value is -2.57. The topological polar surface area (TPSA) is 80.5 Å². The van der Waals surface area contributed by atoms with Crippen LogP contribution in [0.4, 0.5) is 5.82 Å². The molecule has 1 aromatic heterocycles. The fraction of sp³-hybridized carbons (Fsp3) is 0.400. The first-order valence-corrected chi connectivity index (χ1v) is 7.38. The Morgan fingerprint density at radius 2 is 2.00 bits per heavy atom. The maximum absolute atomic E-state index is 11.5.